The molecule has 0 rings (SSSR count). The molecule has 0 aliphatic carbocycles. The number of rotatable bonds is 5. The summed E-state index contributed by atoms with van der Waals surface area (Å²) in [6.45, 7) is 8.11. The first-order chi connectivity index (χ1) is 5.52. The van der Waals surface area contributed by atoms with Crippen LogP contribution in [0.2, 0.25) is 0 Å². The predicted molar refractivity (Wildman–Crippen MR) is 51.8 cm³/mol. The van der Waals surface area contributed by atoms with Crippen LogP contribution in [-0.2, 0) is 0 Å². The minimum absolute atomic E-state index is 0.206. The van der Waals surface area contributed by atoms with Crippen LogP contribution in [-0.4, -0.2) is 25.0 Å². The molecule has 0 aromatic carbocycles. The van der Waals surface area contributed by atoms with Gasteiger partial charge < -0.3 is 4.90 Å². The van der Waals surface area contributed by atoms with Gasteiger partial charge >= 0.3 is 0 Å². The fourth-order valence-electron chi connectivity index (χ4n) is 1.22. The van der Waals surface area contributed by atoms with Crippen molar-refractivity contribution < 1.29 is 0 Å². The highest BCUT2D eigenvalue weighted by atomic mass is 15.1. The topological polar surface area (TPSA) is 27.0 Å². The van der Waals surface area contributed by atoms with Crippen LogP contribution in [0.5, 0.6) is 0 Å². The van der Waals surface area contributed by atoms with Crippen molar-refractivity contribution in [1.82, 2.24) is 4.90 Å². The molecule has 0 saturated carbocycles. The molecule has 0 unspecified atom stereocenters. The highest BCUT2D eigenvalue weighted by molar-refractivity contribution is 4.93. The summed E-state index contributed by atoms with van der Waals surface area (Å²) in [5.74, 6) is 0. The second kappa shape index (κ2) is 5.16. The van der Waals surface area contributed by atoms with Crippen molar-refractivity contribution >= 4 is 0 Å². The van der Waals surface area contributed by atoms with Crippen LogP contribution in [0.3, 0.4) is 0 Å². The Morgan fingerprint density at radius 2 is 2.00 bits per heavy atom. The lowest BCUT2D eigenvalue weighted by Crippen LogP contribution is -2.31. The Bertz CT molecular complexity index is 156. The minimum Gasteiger partial charge on any atom is -0.305 e. The zero-order valence-corrected chi connectivity index (χ0v) is 8.72. The number of hydrogen-bond acceptors (Lipinski definition) is 2. The highest BCUT2D eigenvalue weighted by Crippen LogP contribution is 2.14. The summed E-state index contributed by atoms with van der Waals surface area (Å²) in [6, 6.07) is 2.31. The number of nitriles is 1. The maximum absolute atomic E-state index is 8.79. The third kappa shape index (κ3) is 5.15. The van der Waals surface area contributed by atoms with Gasteiger partial charge in [-0.25, -0.2) is 0 Å². The number of hydrogen-bond donors (Lipinski definition) is 0. The van der Waals surface area contributed by atoms with E-state index in [9.17, 15) is 0 Å². The first-order valence-electron chi connectivity index (χ1n) is 4.61. The van der Waals surface area contributed by atoms with E-state index in [2.05, 4.69) is 24.9 Å². The molecule has 0 aromatic heterocycles. The van der Waals surface area contributed by atoms with Gasteiger partial charge in [0.05, 0.1) is 11.5 Å². The Labute approximate surface area is 76.2 Å². The summed E-state index contributed by atoms with van der Waals surface area (Å²) in [6.07, 6.45) is 2.44. The fraction of sp³-hybridized carbons (Fsp3) is 0.900. The zero-order chi connectivity index (χ0) is 9.61. The van der Waals surface area contributed by atoms with E-state index in [4.69, 9.17) is 5.26 Å². The molecule has 2 nitrogen and oxygen atoms in total. The van der Waals surface area contributed by atoms with Crippen molar-refractivity contribution in [2.75, 3.05) is 20.1 Å². The Balaban J connectivity index is 3.69. The van der Waals surface area contributed by atoms with Gasteiger partial charge in [-0.1, -0.05) is 13.3 Å². The Morgan fingerprint density at radius 1 is 1.42 bits per heavy atom. The molecule has 12 heavy (non-hydrogen) atoms. The molecule has 0 atom stereocenters. The van der Waals surface area contributed by atoms with Gasteiger partial charge in [0, 0.05) is 6.54 Å². The van der Waals surface area contributed by atoms with Crippen molar-refractivity contribution in [2.24, 2.45) is 5.41 Å². The van der Waals surface area contributed by atoms with Crippen LogP contribution in [0.15, 0.2) is 0 Å². The van der Waals surface area contributed by atoms with Crippen molar-refractivity contribution in [1.29, 1.82) is 5.26 Å². The molecule has 0 amide bonds. The largest absolute Gasteiger partial charge is 0.305 e. The van der Waals surface area contributed by atoms with E-state index in [0.29, 0.717) is 0 Å². The van der Waals surface area contributed by atoms with Gasteiger partial charge in [-0.05, 0) is 33.9 Å². The van der Waals surface area contributed by atoms with Crippen LogP contribution in [0.25, 0.3) is 0 Å². The van der Waals surface area contributed by atoms with E-state index in [1.165, 1.54) is 12.8 Å². The van der Waals surface area contributed by atoms with Gasteiger partial charge in [-0.3, -0.25) is 0 Å². The second-order valence-corrected chi connectivity index (χ2v) is 4.09. The molecule has 0 aliphatic heterocycles. The summed E-state index contributed by atoms with van der Waals surface area (Å²) in [5.41, 5.74) is -0.206. The lowest BCUT2D eigenvalue weighted by atomic mass is 9.95. The molecule has 0 aliphatic rings. The second-order valence-electron chi connectivity index (χ2n) is 4.09. The average molecular weight is 168 g/mol. The van der Waals surface area contributed by atoms with E-state index in [1.807, 2.05) is 13.8 Å². The average Bonchev–Trinajstić information content (AvgIpc) is 2.00. The molecule has 2 heteroatoms. The van der Waals surface area contributed by atoms with Crippen LogP contribution in [0, 0.1) is 16.7 Å². The van der Waals surface area contributed by atoms with Crippen molar-refractivity contribution in [3.05, 3.63) is 0 Å². The smallest absolute Gasteiger partial charge is 0.0697 e. The van der Waals surface area contributed by atoms with Gasteiger partial charge in [0.25, 0.3) is 0 Å². The summed E-state index contributed by atoms with van der Waals surface area (Å²) >= 11 is 0. The summed E-state index contributed by atoms with van der Waals surface area (Å²) < 4.78 is 0. The zero-order valence-electron chi connectivity index (χ0n) is 8.72. The van der Waals surface area contributed by atoms with E-state index >= 15 is 0 Å². The monoisotopic (exact) mass is 168 g/mol. The minimum atomic E-state index is -0.206. The molecule has 70 valence electrons. The first-order valence-corrected chi connectivity index (χ1v) is 4.61. The quantitative estimate of drug-likeness (QED) is 0.629. The van der Waals surface area contributed by atoms with Crippen molar-refractivity contribution in [3.63, 3.8) is 0 Å². The van der Waals surface area contributed by atoms with Gasteiger partial charge in [-0.15, -0.1) is 0 Å². The molecule has 0 heterocycles. The van der Waals surface area contributed by atoms with Gasteiger partial charge in [-0.2, -0.15) is 5.26 Å². The van der Waals surface area contributed by atoms with Crippen molar-refractivity contribution in [2.45, 2.75) is 33.6 Å². The Hall–Kier alpha value is -0.550. The van der Waals surface area contributed by atoms with Gasteiger partial charge in [0.1, 0.15) is 0 Å². The highest BCUT2D eigenvalue weighted by Gasteiger charge is 2.18. The van der Waals surface area contributed by atoms with Crippen molar-refractivity contribution in [3.8, 4) is 6.07 Å². The molecule has 0 spiro atoms. The molecule has 0 fully saturated rings. The Morgan fingerprint density at radius 3 is 2.42 bits per heavy atom. The van der Waals surface area contributed by atoms with E-state index in [-0.39, 0.29) is 5.41 Å². The molecular formula is C10H20N2. The van der Waals surface area contributed by atoms with Gasteiger partial charge in [0.2, 0.25) is 0 Å². The van der Waals surface area contributed by atoms with Crippen LogP contribution >= 0.6 is 0 Å². The third-order valence-electron chi connectivity index (χ3n) is 1.86. The third-order valence-corrected chi connectivity index (χ3v) is 1.86. The van der Waals surface area contributed by atoms with E-state index in [1.54, 1.807) is 0 Å². The van der Waals surface area contributed by atoms with E-state index < -0.39 is 0 Å². The predicted octanol–water partition coefficient (Wildman–Crippen LogP) is 2.27. The summed E-state index contributed by atoms with van der Waals surface area (Å²) in [7, 11) is 2.08. The van der Waals surface area contributed by atoms with Crippen LogP contribution < -0.4 is 0 Å². The van der Waals surface area contributed by atoms with Gasteiger partial charge in [0.15, 0.2) is 0 Å². The van der Waals surface area contributed by atoms with E-state index in [0.717, 1.165) is 13.1 Å². The van der Waals surface area contributed by atoms with Crippen LogP contribution in [0.1, 0.15) is 33.6 Å². The molecule has 0 aromatic rings. The molecule has 0 saturated heterocycles. The first kappa shape index (κ1) is 11.4. The summed E-state index contributed by atoms with van der Waals surface area (Å²) in [5, 5.41) is 8.79. The molecule has 0 radical (unpaired) electrons. The maximum atomic E-state index is 8.79. The maximum Gasteiger partial charge on any atom is 0.0697 e. The van der Waals surface area contributed by atoms with Crippen LogP contribution in [0.4, 0.5) is 0 Å². The molecule has 0 N–H and O–H groups in total. The Kier molecular flexibility index (Phi) is 4.92. The molecule has 0 bridgehead atoms. The normalized spacial score (nSPS) is 11.7. The lowest BCUT2D eigenvalue weighted by molar-refractivity contribution is 0.252. The SMILES string of the molecule is CCCCN(C)CC(C)(C)C#N. The fourth-order valence-corrected chi connectivity index (χ4v) is 1.22. The number of nitrogens with zero attached hydrogens (tertiary/aromatic N) is 2. The standard InChI is InChI=1S/C10H20N2/c1-5-6-7-12(4)9-10(2,3)8-11/h5-7,9H2,1-4H3. The summed E-state index contributed by atoms with van der Waals surface area (Å²) in [4.78, 5) is 2.23. The molecular weight excluding hydrogens is 148 g/mol. The lowest BCUT2D eigenvalue weighted by Gasteiger charge is -2.23. The number of unbranched alkanes of at least 4 members (excludes halogenated alkanes) is 1.